The van der Waals surface area contributed by atoms with E-state index in [1.165, 1.54) is 0 Å². The van der Waals surface area contributed by atoms with Crippen molar-refractivity contribution >= 4 is 11.9 Å². The van der Waals surface area contributed by atoms with Crippen LogP contribution >= 0.6 is 0 Å². The highest BCUT2D eigenvalue weighted by atomic mass is 16.5. The normalized spacial score (nSPS) is 18.7. The molecule has 2 rings (SSSR count). The van der Waals surface area contributed by atoms with Crippen LogP contribution in [0.15, 0.2) is 42.5 Å². The number of ether oxygens (including phenoxy) is 2. The van der Waals surface area contributed by atoms with E-state index in [1.54, 1.807) is 42.4 Å². The highest BCUT2D eigenvalue weighted by Gasteiger charge is 2.26. The molecule has 22 heavy (non-hydrogen) atoms. The second-order valence-corrected chi connectivity index (χ2v) is 5.06. The minimum absolute atomic E-state index is 0.101. The van der Waals surface area contributed by atoms with Crippen molar-refractivity contribution in [1.29, 1.82) is 0 Å². The maximum absolute atomic E-state index is 11.8. The van der Waals surface area contributed by atoms with E-state index in [0.717, 1.165) is 12.8 Å². The molecule has 0 aromatic heterocycles. The Morgan fingerprint density at radius 1 is 1.32 bits per heavy atom. The largest absolute Gasteiger partial charge is 0.458 e. The summed E-state index contributed by atoms with van der Waals surface area (Å²) >= 11 is 0. The lowest BCUT2D eigenvalue weighted by Gasteiger charge is -2.33. The molecule has 0 saturated carbocycles. The molecule has 0 radical (unpaired) electrons. The first kappa shape index (κ1) is 16.2. The van der Waals surface area contributed by atoms with E-state index in [4.69, 9.17) is 9.47 Å². The van der Waals surface area contributed by atoms with Crippen LogP contribution in [0.25, 0.3) is 0 Å². The molecule has 5 nitrogen and oxygen atoms in total. The summed E-state index contributed by atoms with van der Waals surface area (Å²) in [6, 6.07) is 8.85. The summed E-state index contributed by atoms with van der Waals surface area (Å²) in [4.78, 5) is 25.3. The number of rotatable bonds is 6. The number of piperidine rings is 1. The van der Waals surface area contributed by atoms with E-state index in [2.05, 4.69) is 0 Å². The molecule has 0 spiro atoms. The molecule has 1 aliphatic rings. The smallest absolute Gasteiger partial charge is 0.338 e. The number of hydrogen-bond acceptors (Lipinski definition) is 4. The van der Waals surface area contributed by atoms with Gasteiger partial charge in [0, 0.05) is 20.1 Å². The highest BCUT2D eigenvalue weighted by molar-refractivity contribution is 5.89. The van der Waals surface area contributed by atoms with Crippen molar-refractivity contribution in [3.05, 3.63) is 48.0 Å². The van der Waals surface area contributed by atoms with E-state index in [9.17, 15) is 9.59 Å². The molecule has 1 saturated heterocycles. The van der Waals surface area contributed by atoms with Gasteiger partial charge in [-0.05, 0) is 31.1 Å². The maximum Gasteiger partial charge on any atom is 0.338 e. The zero-order valence-electron chi connectivity index (χ0n) is 12.7. The standard InChI is InChI=1S/C17H21NO4/c1-21-16-11-7-10-15(19)18(16)12-5-6-13-22-17(20)14-8-3-2-4-9-14/h2-6,8-9,16H,7,10-13H2,1H3/b6-5+. The summed E-state index contributed by atoms with van der Waals surface area (Å²) in [7, 11) is 1.61. The summed E-state index contributed by atoms with van der Waals surface area (Å²) in [5, 5.41) is 0. The van der Waals surface area contributed by atoms with Crippen molar-refractivity contribution in [2.75, 3.05) is 20.3 Å². The number of esters is 1. The number of carbonyl (C=O) groups is 2. The van der Waals surface area contributed by atoms with Gasteiger partial charge >= 0.3 is 5.97 Å². The number of hydrogen-bond donors (Lipinski definition) is 0. The van der Waals surface area contributed by atoms with Crippen molar-refractivity contribution in [3.8, 4) is 0 Å². The molecule has 0 bridgehead atoms. The number of amides is 1. The van der Waals surface area contributed by atoms with Crippen molar-refractivity contribution in [2.45, 2.75) is 25.5 Å². The first-order valence-electron chi connectivity index (χ1n) is 7.42. The Morgan fingerprint density at radius 2 is 2.09 bits per heavy atom. The van der Waals surface area contributed by atoms with Crippen molar-refractivity contribution < 1.29 is 19.1 Å². The average molecular weight is 303 g/mol. The minimum Gasteiger partial charge on any atom is -0.458 e. The second kappa shape index (κ2) is 8.34. The molecule has 1 aliphatic heterocycles. The van der Waals surface area contributed by atoms with Crippen molar-refractivity contribution in [3.63, 3.8) is 0 Å². The Kier molecular flexibility index (Phi) is 6.15. The lowest BCUT2D eigenvalue weighted by Crippen LogP contribution is -2.44. The quantitative estimate of drug-likeness (QED) is 0.598. The molecular weight excluding hydrogens is 282 g/mol. The van der Waals surface area contributed by atoms with Crippen LogP contribution in [0.3, 0.4) is 0 Å². The Morgan fingerprint density at radius 3 is 2.82 bits per heavy atom. The average Bonchev–Trinajstić information content (AvgIpc) is 2.56. The molecule has 118 valence electrons. The lowest BCUT2D eigenvalue weighted by atomic mass is 10.1. The fourth-order valence-corrected chi connectivity index (χ4v) is 2.39. The van der Waals surface area contributed by atoms with Gasteiger partial charge in [-0.3, -0.25) is 4.79 Å². The van der Waals surface area contributed by atoms with Crippen LogP contribution in [0.2, 0.25) is 0 Å². The maximum atomic E-state index is 11.8. The third-order valence-electron chi connectivity index (χ3n) is 3.57. The van der Waals surface area contributed by atoms with Gasteiger partial charge in [0.05, 0.1) is 5.56 Å². The van der Waals surface area contributed by atoms with Gasteiger partial charge in [0.2, 0.25) is 5.91 Å². The van der Waals surface area contributed by atoms with Gasteiger partial charge < -0.3 is 14.4 Å². The van der Waals surface area contributed by atoms with E-state index in [1.807, 2.05) is 12.1 Å². The van der Waals surface area contributed by atoms with E-state index < -0.39 is 0 Å². The third-order valence-corrected chi connectivity index (χ3v) is 3.57. The first-order valence-corrected chi connectivity index (χ1v) is 7.42. The minimum atomic E-state index is -0.353. The van der Waals surface area contributed by atoms with Crippen LogP contribution in [0.5, 0.6) is 0 Å². The van der Waals surface area contributed by atoms with E-state index in [-0.39, 0.29) is 24.7 Å². The Labute approximate surface area is 130 Å². The Bertz CT molecular complexity index is 527. The van der Waals surface area contributed by atoms with Crippen LogP contribution < -0.4 is 0 Å². The molecular formula is C17H21NO4. The monoisotopic (exact) mass is 303 g/mol. The summed E-state index contributed by atoms with van der Waals surface area (Å²) in [5.74, 6) is -0.252. The molecule has 1 heterocycles. The number of nitrogens with zero attached hydrogens (tertiary/aromatic N) is 1. The number of likely N-dealkylation sites (tertiary alicyclic amines) is 1. The molecule has 1 atom stereocenters. The summed E-state index contributed by atoms with van der Waals surface area (Å²) in [5.41, 5.74) is 0.529. The number of methoxy groups -OCH3 is 1. The summed E-state index contributed by atoms with van der Waals surface area (Å²) in [6.45, 7) is 0.660. The predicted octanol–water partition coefficient (Wildman–Crippen LogP) is 2.38. The second-order valence-electron chi connectivity index (χ2n) is 5.06. The van der Waals surface area contributed by atoms with Gasteiger partial charge in [-0.2, -0.15) is 0 Å². The van der Waals surface area contributed by atoms with Gasteiger partial charge in [-0.1, -0.05) is 24.3 Å². The van der Waals surface area contributed by atoms with Gasteiger partial charge in [0.15, 0.2) is 0 Å². The zero-order chi connectivity index (χ0) is 15.8. The molecule has 1 aromatic rings. The van der Waals surface area contributed by atoms with Crippen LogP contribution in [0.1, 0.15) is 29.6 Å². The van der Waals surface area contributed by atoms with Gasteiger partial charge in [-0.15, -0.1) is 0 Å². The molecule has 1 aromatic carbocycles. The fourth-order valence-electron chi connectivity index (χ4n) is 2.39. The summed E-state index contributed by atoms with van der Waals surface area (Å²) in [6.07, 6.45) is 5.71. The predicted molar refractivity (Wildman–Crippen MR) is 82.2 cm³/mol. The Hall–Kier alpha value is -2.14. The molecule has 0 aliphatic carbocycles. The molecule has 1 amide bonds. The fraction of sp³-hybridized carbons (Fsp3) is 0.412. The van der Waals surface area contributed by atoms with E-state index >= 15 is 0 Å². The van der Waals surface area contributed by atoms with Gasteiger partial charge in [-0.25, -0.2) is 4.79 Å². The van der Waals surface area contributed by atoms with E-state index in [0.29, 0.717) is 18.5 Å². The van der Waals surface area contributed by atoms with Crippen LogP contribution in [0.4, 0.5) is 0 Å². The lowest BCUT2D eigenvalue weighted by molar-refractivity contribution is -0.148. The molecule has 1 fully saturated rings. The topological polar surface area (TPSA) is 55.8 Å². The highest BCUT2D eigenvalue weighted by Crippen LogP contribution is 2.18. The Balaban J connectivity index is 1.76. The number of benzene rings is 1. The zero-order valence-corrected chi connectivity index (χ0v) is 12.7. The molecule has 0 N–H and O–H groups in total. The van der Waals surface area contributed by atoms with Crippen LogP contribution in [-0.2, 0) is 14.3 Å². The third kappa shape index (κ3) is 4.43. The molecule has 1 unspecified atom stereocenters. The van der Waals surface area contributed by atoms with Gasteiger partial charge in [0.25, 0.3) is 0 Å². The van der Waals surface area contributed by atoms with Crippen LogP contribution in [-0.4, -0.2) is 43.3 Å². The van der Waals surface area contributed by atoms with Crippen LogP contribution in [0, 0.1) is 0 Å². The SMILES string of the molecule is COC1CCCC(=O)N1C/C=C/COC(=O)c1ccccc1. The first-order chi connectivity index (χ1) is 10.7. The number of carbonyl (C=O) groups excluding carboxylic acids is 2. The molecule has 5 heteroatoms. The van der Waals surface area contributed by atoms with Crippen molar-refractivity contribution in [2.24, 2.45) is 0 Å². The van der Waals surface area contributed by atoms with Crippen molar-refractivity contribution in [1.82, 2.24) is 4.90 Å². The van der Waals surface area contributed by atoms with Gasteiger partial charge in [0.1, 0.15) is 12.8 Å². The summed E-state index contributed by atoms with van der Waals surface area (Å²) < 4.78 is 10.5.